The monoisotopic (exact) mass is 418 g/mol. The van der Waals surface area contributed by atoms with Crippen LogP contribution in [0.5, 0.6) is 0 Å². The number of amides is 1. The van der Waals surface area contributed by atoms with Crippen LogP contribution in [-0.2, 0) is 11.8 Å². The Morgan fingerprint density at radius 3 is 2.27 bits per heavy atom. The largest absolute Gasteiger partial charge is 0.416 e. The minimum Gasteiger partial charge on any atom is -0.385 e. The van der Waals surface area contributed by atoms with Crippen LogP contribution in [0.15, 0.2) is 48.5 Å². The van der Waals surface area contributed by atoms with E-state index in [1.165, 1.54) is 12.1 Å². The Labute approximate surface area is 173 Å². The van der Waals surface area contributed by atoms with E-state index in [0.29, 0.717) is 24.0 Å². The number of halogens is 3. The summed E-state index contributed by atoms with van der Waals surface area (Å²) in [5.41, 5.74) is 0.0340. The Morgan fingerprint density at radius 2 is 1.70 bits per heavy atom. The van der Waals surface area contributed by atoms with Gasteiger partial charge in [0.1, 0.15) is 0 Å². The Hall–Kier alpha value is -2.38. The predicted molar refractivity (Wildman–Crippen MR) is 107 cm³/mol. The van der Waals surface area contributed by atoms with Crippen molar-refractivity contribution in [3.05, 3.63) is 70.8 Å². The Bertz CT molecular complexity index is 908. The third kappa shape index (κ3) is 4.52. The Balaban J connectivity index is 1.51. The van der Waals surface area contributed by atoms with E-state index in [-0.39, 0.29) is 24.0 Å². The highest BCUT2D eigenvalue weighted by Crippen LogP contribution is 2.41. The lowest BCUT2D eigenvalue weighted by atomic mass is 9.77. The minimum absolute atomic E-state index is 0.0334. The van der Waals surface area contributed by atoms with Gasteiger partial charge in [0.15, 0.2) is 0 Å². The lowest BCUT2D eigenvalue weighted by molar-refractivity contribution is -0.137. The average molecular weight is 418 g/mol. The van der Waals surface area contributed by atoms with Gasteiger partial charge in [0.2, 0.25) is 0 Å². The zero-order valence-electron chi connectivity index (χ0n) is 16.7. The third-order valence-electron chi connectivity index (χ3n) is 5.91. The van der Waals surface area contributed by atoms with Gasteiger partial charge < -0.3 is 15.7 Å². The van der Waals surface area contributed by atoms with E-state index in [1.807, 2.05) is 19.1 Å². The number of benzene rings is 2. The molecule has 2 aromatic rings. The second-order valence-corrected chi connectivity index (χ2v) is 8.50. The van der Waals surface area contributed by atoms with Gasteiger partial charge in [-0.25, -0.2) is 0 Å². The lowest BCUT2D eigenvalue weighted by Crippen LogP contribution is -2.46. The van der Waals surface area contributed by atoms with Gasteiger partial charge in [-0.2, -0.15) is 13.2 Å². The van der Waals surface area contributed by atoms with Gasteiger partial charge in [0.05, 0.1) is 11.2 Å². The molecule has 0 radical (unpaired) electrons. The molecule has 3 atom stereocenters. The summed E-state index contributed by atoms with van der Waals surface area (Å²) >= 11 is 0. The fourth-order valence-electron chi connectivity index (χ4n) is 4.17. The van der Waals surface area contributed by atoms with Crippen LogP contribution in [0.25, 0.3) is 0 Å². The first kappa shape index (κ1) is 20.9. The maximum Gasteiger partial charge on any atom is 0.416 e. The van der Waals surface area contributed by atoms with Crippen molar-refractivity contribution in [1.29, 1.82) is 0 Å². The van der Waals surface area contributed by atoms with E-state index in [9.17, 15) is 23.1 Å². The normalized spacial score (nSPS) is 27.0. The molecular weight excluding hydrogens is 393 g/mol. The van der Waals surface area contributed by atoms with Gasteiger partial charge in [-0.3, -0.25) is 4.79 Å². The van der Waals surface area contributed by atoms with E-state index in [1.54, 1.807) is 12.1 Å². The standard InChI is InChI=1S/C23H25F3N2O2/c1-14-12-22(30,17-6-8-18(9-7-17)23(24,25)26)13-20(27-14)15-2-4-16(5-3-15)21(29)28-19-10-11-19/h2-9,14,19-20,27,30H,10-13H2,1H3,(H,28,29)/t14-,20-,22?/m0/s1. The third-order valence-corrected chi connectivity index (χ3v) is 5.91. The highest BCUT2D eigenvalue weighted by atomic mass is 19.4. The number of hydrogen-bond donors (Lipinski definition) is 3. The predicted octanol–water partition coefficient (Wildman–Crippen LogP) is 4.30. The molecule has 30 heavy (non-hydrogen) atoms. The quantitative estimate of drug-likeness (QED) is 0.694. The van der Waals surface area contributed by atoms with Crippen LogP contribution in [-0.4, -0.2) is 23.1 Å². The smallest absolute Gasteiger partial charge is 0.385 e. The molecule has 0 spiro atoms. The summed E-state index contributed by atoms with van der Waals surface area (Å²) in [7, 11) is 0. The molecule has 4 nitrogen and oxygen atoms in total. The summed E-state index contributed by atoms with van der Waals surface area (Å²) in [5.74, 6) is -0.0877. The summed E-state index contributed by atoms with van der Waals surface area (Å²) in [5, 5.41) is 17.7. The van der Waals surface area contributed by atoms with Gasteiger partial charge in [-0.05, 0) is 68.0 Å². The van der Waals surface area contributed by atoms with Crippen molar-refractivity contribution in [3.8, 4) is 0 Å². The first-order chi connectivity index (χ1) is 14.1. The molecule has 7 heteroatoms. The SMILES string of the molecule is C[C@H]1CC(O)(c2ccc(C(F)(F)F)cc2)C[C@@H](c2ccc(C(=O)NC3CC3)cc2)N1. The summed E-state index contributed by atoms with van der Waals surface area (Å²) in [6.07, 6.45) is -1.63. The van der Waals surface area contributed by atoms with Crippen LogP contribution in [0, 0.1) is 0 Å². The van der Waals surface area contributed by atoms with Crippen molar-refractivity contribution in [2.45, 2.75) is 62.5 Å². The van der Waals surface area contributed by atoms with Crippen LogP contribution in [0.3, 0.4) is 0 Å². The van der Waals surface area contributed by atoms with Crippen molar-refractivity contribution < 1.29 is 23.1 Å². The number of carbonyl (C=O) groups is 1. The molecule has 0 aromatic heterocycles. The molecular formula is C23H25F3N2O2. The molecule has 2 aromatic carbocycles. The minimum atomic E-state index is -4.40. The van der Waals surface area contributed by atoms with E-state index >= 15 is 0 Å². The molecule has 0 bridgehead atoms. The fraction of sp³-hybridized carbons (Fsp3) is 0.435. The zero-order valence-corrected chi connectivity index (χ0v) is 16.7. The molecule has 4 rings (SSSR count). The van der Waals surface area contributed by atoms with Crippen LogP contribution < -0.4 is 10.6 Å². The number of nitrogens with one attached hydrogen (secondary N) is 2. The second kappa shape index (κ2) is 7.71. The average Bonchev–Trinajstić information content (AvgIpc) is 3.51. The number of aliphatic hydroxyl groups is 1. The first-order valence-corrected chi connectivity index (χ1v) is 10.2. The summed E-state index contributed by atoms with van der Waals surface area (Å²) in [4.78, 5) is 12.2. The maximum atomic E-state index is 12.9. The molecule has 1 aliphatic carbocycles. The van der Waals surface area contributed by atoms with Gasteiger partial charge >= 0.3 is 6.18 Å². The molecule has 1 unspecified atom stereocenters. The molecule has 1 heterocycles. The van der Waals surface area contributed by atoms with Crippen LogP contribution >= 0.6 is 0 Å². The molecule has 1 saturated carbocycles. The van der Waals surface area contributed by atoms with Crippen LogP contribution in [0.2, 0.25) is 0 Å². The van der Waals surface area contributed by atoms with Gasteiger partial charge in [0.25, 0.3) is 5.91 Å². The van der Waals surface area contributed by atoms with Crippen molar-refractivity contribution in [2.24, 2.45) is 0 Å². The van der Waals surface area contributed by atoms with Gasteiger partial charge in [-0.1, -0.05) is 24.3 Å². The number of hydrogen-bond acceptors (Lipinski definition) is 3. The summed E-state index contributed by atoms with van der Waals surface area (Å²) in [6.45, 7) is 1.94. The number of alkyl halides is 3. The van der Waals surface area contributed by atoms with Crippen molar-refractivity contribution in [2.75, 3.05) is 0 Å². The molecule has 2 aliphatic rings. The molecule has 1 amide bonds. The van der Waals surface area contributed by atoms with Crippen LogP contribution in [0.1, 0.15) is 65.7 Å². The topological polar surface area (TPSA) is 61.4 Å². The Morgan fingerprint density at radius 1 is 1.07 bits per heavy atom. The number of rotatable bonds is 4. The molecule has 3 N–H and O–H groups in total. The molecule has 1 saturated heterocycles. The highest BCUT2D eigenvalue weighted by Gasteiger charge is 2.40. The number of piperidine rings is 1. The maximum absolute atomic E-state index is 12.9. The van der Waals surface area contributed by atoms with E-state index in [4.69, 9.17) is 0 Å². The summed E-state index contributed by atoms with van der Waals surface area (Å²) in [6, 6.07) is 12.1. The first-order valence-electron chi connectivity index (χ1n) is 10.2. The summed E-state index contributed by atoms with van der Waals surface area (Å²) < 4.78 is 38.6. The molecule has 2 fully saturated rings. The molecule has 160 valence electrons. The van der Waals surface area contributed by atoms with Crippen molar-refractivity contribution >= 4 is 5.91 Å². The highest BCUT2D eigenvalue weighted by molar-refractivity contribution is 5.94. The van der Waals surface area contributed by atoms with E-state index < -0.39 is 17.3 Å². The van der Waals surface area contributed by atoms with Gasteiger partial charge in [0, 0.05) is 23.7 Å². The molecule has 1 aliphatic heterocycles. The van der Waals surface area contributed by atoms with Crippen LogP contribution in [0.4, 0.5) is 13.2 Å². The second-order valence-electron chi connectivity index (χ2n) is 8.50. The van der Waals surface area contributed by atoms with Crippen molar-refractivity contribution in [1.82, 2.24) is 10.6 Å². The zero-order chi connectivity index (χ0) is 21.5. The van der Waals surface area contributed by atoms with E-state index in [2.05, 4.69) is 10.6 Å². The fourth-order valence-corrected chi connectivity index (χ4v) is 4.17. The Kier molecular flexibility index (Phi) is 5.36. The van der Waals surface area contributed by atoms with Crippen molar-refractivity contribution in [3.63, 3.8) is 0 Å². The number of carbonyl (C=O) groups excluding carboxylic acids is 1. The van der Waals surface area contributed by atoms with E-state index in [0.717, 1.165) is 30.5 Å². The van der Waals surface area contributed by atoms with Gasteiger partial charge in [-0.15, -0.1) is 0 Å². The lowest BCUT2D eigenvalue weighted by Gasteiger charge is -2.41.